The molecule has 0 aromatic heterocycles. The van der Waals surface area contributed by atoms with Crippen LogP contribution < -0.4 is 10.3 Å². The smallest absolute Gasteiger partial charge is 0.325 e. The number of hydrogen-bond donors (Lipinski definition) is 2. The van der Waals surface area contributed by atoms with Crippen LogP contribution in [0.4, 0.5) is 5.69 Å². The fourth-order valence-corrected chi connectivity index (χ4v) is 2.17. The molecule has 1 aromatic carbocycles. The van der Waals surface area contributed by atoms with E-state index in [1.165, 1.54) is 5.01 Å². The third kappa shape index (κ3) is 6.39. The van der Waals surface area contributed by atoms with Crippen LogP contribution in [0, 0.1) is 0 Å². The van der Waals surface area contributed by atoms with Crippen molar-refractivity contribution in [1.82, 2.24) is 10.3 Å². The zero-order chi connectivity index (χ0) is 18.8. The predicted octanol–water partition coefficient (Wildman–Crippen LogP) is 0.680. The van der Waals surface area contributed by atoms with Gasteiger partial charge in [0.25, 0.3) is 5.91 Å². The SMILES string of the molecule is CCO[C@@H](C=C=O)N[C@@H](C)C(=O)N(CC(=O)O)N(C)c1ccccc1. The lowest BCUT2D eigenvalue weighted by Crippen LogP contribution is -2.55. The molecular formula is C17H23N3O5. The van der Waals surface area contributed by atoms with E-state index in [1.54, 1.807) is 51.1 Å². The average molecular weight is 349 g/mol. The molecule has 136 valence electrons. The van der Waals surface area contributed by atoms with E-state index in [1.807, 2.05) is 6.07 Å². The van der Waals surface area contributed by atoms with Crippen LogP contribution in [0.25, 0.3) is 0 Å². The fourth-order valence-electron chi connectivity index (χ4n) is 2.17. The normalized spacial score (nSPS) is 12.6. The minimum atomic E-state index is -1.14. The third-order valence-corrected chi connectivity index (χ3v) is 3.38. The second-order valence-corrected chi connectivity index (χ2v) is 5.20. The van der Waals surface area contributed by atoms with E-state index >= 15 is 0 Å². The van der Waals surface area contributed by atoms with E-state index in [4.69, 9.17) is 9.84 Å². The van der Waals surface area contributed by atoms with E-state index in [9.17, 15) is 14.4 Å². The first-order valence-corrected chi connectivity index (χ1v) is 7.81. The second-order valence-electron chi connectivity index (χ2n) is 5.20. The largest absolute Gasteiger partial charge is 0.480 e. The number of para-hydroxylation sites is 1. The van der Waals surface area contributed by atoms with Crippen molar-refractivity contribution in [3.8, 4) is 0 Å². The summed E-state index contributed by atoms with van der Waals surface area (Å²) in [6, 6.07) is 8.14. The number of ether oxygens (including phenoxy) is 1. The molecule has 0 heterocycles. The van der Waals surface area contributed by atoms with Crippen LogP contribution in [-0.4, -0.2) is 60.4 Å². The first kappa shape index (κ1) is 20.4. The van der Waals surface area contributed by atoms with Gasteiger partial charge in [0.1, 0.15) is 18.7 Å². The standard InChI is InChI=1S/C17H23N3O5/c1-4-25-15(10-11-21)18-13(2)17(24)20(12-16(22)23)19(3)14-8-6-5-7-9-14/h5-10,13,15,18H,4,12H2,1-3H3,(H,22,23)/t13-,15-/m0/s1. The Kier molecular flexibility index (Phi) is 8.35. The van der Waals surface area contributed by atoms with Crippen LogP contribution in [0.3, 0.4) is 0 Å². The number of nitrogens with zero attached hydrogens (tertiary/aromatic N) is 2. The lowest BCUT2D eigenvalue weighted by atomic mass is 10.2. The summed E-state index contributed by atoms with van der Waals surface area (Å²) in [7, 11) is 1.61. The maximum absolute atomic E-state index is 12.7. The molecule has 0 aliphatic heterocycles. The highest BCUT2D eigenvalue weighted by Gasteiger charge is 2.27. The number of hydrazine groups is 1. The van der Waals surface area contributed by atoms with Crippen LogP contribution in [-0.2, 0) is 19.1 Å². The van der Waals surface area contributed by atoms with Crippen LogP contribution in [0.15, 0.2) is 36.4 Å². The number of carbonyl (C=O) groups excluding carboxylic acids is 2. The summed E-state index contributed by atoms with van der Waals surface area (Å²) >= 11 is 0. The Morgan fingerprint density at radius 1 is 1.36 bits per heavy atom. The molecule has 8 heteroatoms. The van der Waals surface area contributed by atoms with Crippen molar-refractivity contribution in [2.45, 2.75) is 26.1 Å². The summed E-state index contributed by atoms with van der Waals surface area (Å²) in [5.41, 5.74) is 0.665. The Bertz CT molecular complexity index is 616. The van der Waals surface area contributed by atoms with Crippen molar-refractivity contribution >= 4 is 23.5 Å². The number of carboxylic acids is 1. The van der Waals surface area contributed by atoms with Gasteiger partial charge in [-0.2, -0.15) is 0 Å². The lowest BCUT2D eigenvalue weighted by molar-refractivity contribution is -0.145. The Morgan fingerprint density at radius 2 is 2.00 bits per heavy atom. The van der Waals surface area contributed by atoms with E-state index in [-0.39, 0.29) is 0 Å². The maximum Gasteiger partial charge on any atom is 0.325 e. The molecule has 0 fully saturated rings. The summed E-state index contributed by atoms with van der Waals surface area (Å²) in [5.74, 6) is -0.000513. The van der Waals surface area contributed by atoms with Gasteiger partial charge in [-0.25, -0.2) is 9.80 Å². The van der Waals surface area contributed by atoms with Gasteiger partial charge in [0.15, 0.2) is 0 Å². The third-order valence-electron chi connectivity index (χ3n) is 3.38. The highest BCUT2D eigenvalue weighted by atomic mass is 16.5. The summed E-state index contributed by atoms with van der Waals surface area (Å²) in [6.45, 7) is 3.15. The van der Waals surface area contributed by atoms with Crippen LogP contribution in [0.1, 0.15) is 13.8 Å². The molecule has 0 aliphatic carbocycles. The minimum absolute atomic E-state index is 0.333. The van der Waals surface area contributed by atoms with Gasteiger partial charge in [-0.15, -0.1) is 0 Å². The summed E-state index contributed by atoms with van der Waals surface area (Å²) in [4.78, 5) is 34.4. The fraction of sp³-hybridized carbons (Fsp3) is 0.412. The summed E-state index contributed by atoms with van der Waals surface area (Å²) in [6.07, 6.45) is 0.338. The minimum Gasteiger partial charge on any atom is -0.480 e. The van der Waals surface area contributed by atoms with Gasteiger partial charge in [0.05, 0.1) is 11.7 Å². The summed E-state index contributed by atoms with van der Waals surface area (Å²) < 4.78 is 5.28. The zero-order valence-corrected chi connectivity index (χ0v) is 14.5. The van der Waals surface area contributed by atoms with E-state index < -0.39 is 30.7 Å². The molecule has 0 saturated carbocycles. The maximum atomic E-state index is 12.7. The van der Waals surface area contributed by atoms with Gasteiger partial charge in [-0.3, -0.25) is 19.9 Å². The Balaban J connectivity index is 2.95. The number of nitrogens with one attached hydrogen (secondary N) is 1. The predicted molar refractivity (Wildman–Crippen MR) is 92.5 cm³/mol. The number of anilines is 1. The Morgan fingerprint density at radius 3 is 2.52 bits per heavy atom. The lowest BCUT2D eigenvalue weighted by Gasteiger charge is -2.34. The molecule has 0 radical (unpaired) electrons. The molecule has 1 aromatic rings. The van der Waals surface area contributed by atoms with E-state index in [0.29, 0.717) is 12.3 Å². The molecule has 1 amide bonds. The molecule has 25 heavy (non-hydrogen) atoms. The first-order valence-electron chi connectivity index (χ1n) is 7.81. The van der Waals surface area contributed by atoms with Gasteiger partial charge in [0.2, 0.25) is 0 Å². The van der Waals surface area contributed by atoms with Crippen molar-refractivity contribution < 1.29 is 24.2 Å². The highest BCUT2D eigenvalue weighted by Crippen LogP contribution is 2.14. The zero-order valence-electron chi connectivity index (χ0n) is 14.5. The number of carbonyl (C=O) groups is 2. The van der Waals surface area contributed by atoms with Gasteiger partial charge in [-0.05, 0) is 26.0 Å². The molecule has 0 saturated heterocycles. The number of benzene rings is 1. The van der Waals surface area contributed by atoms with Crippen molar-refractivity contribution in [2.75, 3.05) is 25.2 Å². The van der Waals surface area contributed by atoms with Crippen LogP contribution in [0.5, 0.6) is 0 Å². The van der Waals surface area contributed by atoms with E-state index in [0.717, 1.165) is 11.1 Å². The molecule has 0 aliphatic rings. The van der Waals surface area contributed by atoms with Crippen molar-refractivity contribution in [3.05, 3.63) is 36.4 Å². The van der Waals surface area contributed by atoms with E-state index in [2.05, 4.69) is 5.32 Å². The molecular weight excluding hydrogens is 326 g/mol. The topological polar surface area (TPSA) is 99.2 Å². The second kappa shape index (κ2) is 10.2. The first-order chi connectivity index (χ1) is 11.9. The van der Waals surface area contributed by atoms with Crippen molar-refractivity contribution in [2.24, 2.45) is 0 Å². The van der Waals surface area contributed by atoms with Gasteiger partial charge in [-0.1, -0.05) is 18.2 Å². The Hall–Kier alpha value is -2.67. The van der Waals surface area contributed by atoms with Gasteiger partial charge >= 0.3 is 5.97 Å². The monoisotopic (exact) mass is 349 g/mol. The average Bonchev–Trinajstić information content (AvgIpc) is 2.59. The molecule has 2 N–H and O–H groups in total. The number of rotatable bonds is 10. The molecule has 0 unspecified atom stereocenters. The highest BCUT2D eigenvalue weighted by molar-refractivity contribution is 5.86. The number of amides is 1. The quantitative estimate of drug-likeness (QED) is 0.364. The number of carboxylic acid groups (broad SMARTS) is 1. The van der Waals surface area contributed by atoms with Gasteiger partial charge < -0.3 is 9.84 Å². The van der Waals surface area contributed by atoms with Crippen LogP contribution >= 0.6 is 0 Å². The Labute approximate surface area is 146 Å². The molecule has 0 spiro atoms. The summed E-state index contributed by atoms with van der Waals surface area (Å²) in [5, 5.41) is 14.6. The van der Waals surface area contributed by atoms with Crippen molar-refractivity contribution in [1.29, 1.82) is 0 Å². The van der Waals surface area contributed by atoms with Gasteiger partial charge in [0, 0.05) is 19.7 Å². The molecule has 8 nitrogen and oxygen atoms in total. The number of hydrogen-bond acceptors (Lipinski definition) is 6. The van der Waals surface area contributed by atoms with Crippen LogP contribution in [0.2, 0.25) is 0 Å². The number of aliphatic carboxylic acids is 1. The molecule has 2 atom stereocenters. The molecule has 0 bridgehead atoms. The van der Waals surface area contributed by atoms with Crippen molar-refractivity contribution in [3.63, 3.8) is 0 Å². The molecule has 1 rings (SSSR count).